The highest BCUT2D eigenvalue weighted by atomic mass is 32.1. The highest BCUT2D eigenvalue weighted by molar-refractivity contribution is 7.80. The molecule has 114 valence electrons. The highest BCUT2D eigenvalue weighted by Gasteiger charge is 2.22. The summed E-state index contributed by atoms with van der Waals surface area (Å²) in [6.45, 7) is 2.15. The van der Waals surface area contributed by atoms with Gasteiger partial charge in [-0.2, -0.15) is 0 Å². The quantitative estimate of drug-likeness (QED) is 0.724. The van der Waals surface area contributed by atoms with E-state index in [0.717, 1.165) is 30.1 Å². The lowest BCUT2D eigenvalue weighted by Gasteiger charge is -2.15. The zero-order chi connectivity index (χ0) is 15.2. The SMILES string of the molecule is CN(CCCC(=O)Nc1ccc(C(N)=S)cc1)CC1CC1. The third kappa shape index (κ3) is 5.81. The van der Waals surface area contributed by atoms with Gasteiger partial charge in [-0.25, -0.2) is 0 Å². The third-order valence-corrected chi connectivity index (χ3v) is 3.90. The van der Waals surface area contributed by atoms with Crippen LogP contribution in [0.5, 0.6) is 0 Å². The molecule has 1 amide bonds. The Bertz CT molecular complexity index is 497. The van der Waals surface area contributed by atoms with Gasteiger partial charge < -0.3 is 16.0 Å². The molecule has 0 heterocycles. The minimum absolute atomic E-state index is 0.0536. The van der Waals surface area contributed by atoms with Crippen LogP contribution >= 0.6 is 12.2 Å². The normalized spacial score (nSPS) is 14.2. The summed E-state index contributed by atoms with van der Waals surface area (Å²) in [5.41, 5.74) is 7.13. The maximum Gasteiger partial charge on any atom is 0.224 e. The number of carbonyl (C=O) groups excluding carboxylic acids is 1. The second kappa shape index (κ2) is 7.52. The summed E-state index contributed by atoms with van der Waals surface area (Å²) < 4.78 is 0. The molecule has 0 aromatic heterocycles. The summed E-state index contributed by atoms with van der Waals surface area (Å²) in [5, 5.41) is 2.89. The van der Waals surface area contributed by atoms with Gasteiger partial charge in [-0.3, -0.25) is 4.79 Å². The van der Waals surface area contributed by atoms with Gasteiger partial charge in [0.1, 0.15) is 4.99 Å². The van der Waals surface area contributed by atoms with Crippen molar-refractivity contribution in [2.75, 3.05) is 25.5 Å². The number of nitrogens with two attached hydrogens (primary N) is 1. The van der Waals surface area contributed by atoms with Gasteiger partial charge in [-0.05, 0) is 63.0 Å². The topological polar surface area (TPSA) is 58.4 Å². The maximum atomic E-state index is 11.9. The van der Waals surface area contributed by atoms with E-state index in [1.54, 1.807) is 0 Å². The van der Waals surface area contributed by atoms with Gasteiger partial charge in [-0.1, -0.05) is 12.2 Å². The standard InChI is InChI=1S/C16H23N3OS/c1-19(11-12-4-5-12)10-2-3-15(20)18-14-8-6-13(7-9-14)16(17)21/h6-9,12H,2-5,10-11H2,1H3,(H2,17,21)(H,18,20). The molecule has 1 aromatic rings. The molecule has 0 atom stereocenters. The van der Waals surface area contributed by atoms with Crippen molar-refractivity contribution in [2.24, 2.45) is 11.7 Å². The molecule has 21 heavy (non-hydrogen) atoms. The smallest absolute Gasteiger partial charge is 0.224 e. The number of rotatable bonds is 8. The summed E-state index contributed by atoms with van der Waals surface area (Å²) in [6, 6.07) is 7.29. The Hall–Kier alpha value is -1.46. The molecule has 5 heteroatoms. The van der Waals surface area contributed by atoms with Crippen molar-refractivity contribution in [1.82, 2.24) is 4.90 Å². The molecule has 0 unspecified atom stereocenters. The molecule has 0 radical (unpaired) electrons. The van der Waals surface area contributed by atoms with Gasteiger partial charge in [0, 0.05) is 24.2 Å². The molecule has 3 N–H and O–H groups in total. The van der Waals surface area contributed by atoms with Crippen LogP contribution in [0.4, 0.5) is 5.69 Å². The number of thiocarbonyl (C=S) groups is 1. The monoisotopic (exact) mass is 305 g/mol. The average molecular weight is 305 g/mol. The molecule has 1 aromatic carbocycles. The number of nitrogens with zero attached hydrogens (tertiary/aromatic N) is 1. The van der Waals surface area contributed by atoms with Crippen LogP contribution in [0.25, 0.3) is 0 Å². The molecule has 1 aliphatic rings. The first-order valence-electron chi connectivity index (χ1n) is 7.43. The molecule has 0 spiro atoms. The van der Waals surface area contributed by atoms with E-state index in [0.29, 0.717) is 11.4 Å². The van der Waals surface area contributed by atoms with Crippen molar-refractivity contribution in [2.45, 2.75) is 25.7 Å². The van der Waals surface area contributed by atoms with Crippen LogP contribution in [0.3, 0.4) is 0 Å². The number of anilines is 1. The molecular weight excluding hydrogens is 282 g/mol. The van der Waals surface area contributed by atoms with Gasteiger partial charge >= 0.3 is 0 Å². The van der Waals surface area contributed by atoms with Crippen molar-refractivity contribution in [1.29, 1.82) is 0 Å². The van der Waals surface area contributed by atoms with Crippen LogP contribution in [0.2, 0.25) is 0 Å². The Kier molecular flexibility index (Phi) is 5.70. The van der Waals surface area contributed by atoms with Gasteiger partial charge in [0.15, 0.2) is 0 Å². The van der Waals surface area contributed by atoms with Crippen molar-refractivity contribution in [3.05, 3.63) is 29.8 Å². The Morgan fingerprint density at radius 2 is 2.05 bits per heavy atom. The first-order valence-corrected chi connectivity index (χ1v) is 7.83. The van der Waals surface area contributed by atoms with E-state index in [-0.39, 0.29) is 5.91 Å². The Morgan fingerprint density at radius 3 is 2.62 bits per heavy atom. The lowest BCUT2D eigenvalue weighted by molar-refractivity contribution is -0.116. The molecule has 1 fully saturated rings. The second-order valence-electron chi connectivity index (χ2n) is 5.80. The highest BCUT2D eigenvalue weighted by Crippen LogP contribution is 2.29. The Labute approximate surface area is 131 Å². The van der Waals surface area contributed by atoms with E-state index in [9.17, 15) is 4.79 Å². The summed E-state index contributed by atoms with van der Waals surface area (Å²) in [6.07, 6.45) is 4.17. The number of hydrogen-bond acceptors (Lipinski definition) is 3. The van der Waals surface area contributed by atoms with Crippen LogP contribution in [-0.2, 0) is 4.79 Å². The van der Waals surface area contributed by atoms with Crippen LogP contribution in [0.15, 0.2) is 24.3 Å². The van der Waals surface area contributed by atoms with Crippen LogP contribution in [0, 0.1) is 5.92 Å². The van der Waals surface area contributed by atoms with Crippen molar-refractivity contribution < 1.29 is 4.79 Å². The molecule has 1 aliphatic carbocycles. The van der Waals surface area contributed by atoms with Crippen LogP contribution in [0.1, 0.15) is 31.2 Å². The molecule has 2 rings (SSSR count). The zero-order valence-corrected chi connectivity index (χ0v) is 13.3. The number of amides is 1. The summed E-state index contributed by atoms with van der Waals surface area (Å²) in [7, 11) is 2.13. The predicted octanol–water partition coefficient (Wildman–Crippen LogP) is 2.38. The molecule has 1 saturated carbocycles. The molecule has 0 aliphatic heterocycles. The van der Waals surface area contributed by atoms with Gasteiger partial charge in [0.05, 0.1) is 0 Å². The van der Waals surface area contributed by atoms with E-state index >= 15 is 0 Å². The predicted molar refractivity (Wildman–Crippen MR) is 90.4 cm³/mol. The zero-order valence-electron chi connectivity index (χ0n) is 12.5. The summed E-state index contributed by atoms with van der Waals surface area (Å²) >= 11 is 4.89. The van der Waals surface area contributed by atoms with E-state index < -0.39 is 0 Å². The number of benzene rings is 1. The third-order valence-electron chi connectivity index (χ3n) is 3.66. The largest absolute Gasteiger partial charge is 0.389 e. The van der Waals surface area contributed by atoms with Crippen LogP contribution in [-0.4, -0.2) is 35.9 Å². The van der Waals surface area contributed by atoms with E-state index in [4.69, 9.17) is 18.0 Å². The van der Waals surface area contributed by atoms with Crippen LogP contribution < -0.4 is 11.1 Å². The first kappa shape index (κ1) is 15.9. The van der Waals surface area contributed by atoms with Crippen molar-refractivity contribution in [3.63, 3.8) is 0 Å². The van der Waals surface area contributed by atoms with E-state index in [2.05, 4.69) is 17.3 Å². The average Bonchev–Trinajstić information content (AvgIpc) is 3.23. The van der Waals surface area contributed by atoms with E-state index in [1.807, 2.05) is 24.3 Å². The van der Waals surface area contributed by atoms with Crippen molar-refractivity contribution >= 4 is 28.8 Å². The van der Waals surface area contributed by atoms with Gasteiger partial charge in [0.2, 0.25) is 5.91 Å². The Balaban J connectivity index is 1.67. The molecule has 4 nitrogen and oxygen atoms in total. The minimum Gasteiger partial charge on any atom is -0.389 e. The molecule has 0 saturated heterocycles. The summed E-state index contributed by atoms with van der Waals surface area (Å²) in [4.78, 5) is 14.6. The molecule has 0 bridgehead atoms. The summed E-state index contributed by atoms with van der Waals surface area (Å²) in [5.74, 6) is 0.953. The fourth-order valence-corrected chi connectivity index (χ4v) is 2.42. The number of hydrogen-bond donors (Lipinski definition) is 2. The fourth-order valence-electron chi connectivity index (χ4n) is 2.28. The second-order valence-corrected chi connectivity index (χ2v) is 6.24. The lowest BCUT2D eigenvalue weighted by atomic mass is 10.2. The number of nitrogens with one attached hydrogen (secondary N) is 1. The van der Waals surface area contributed by atoms with Crippen molar-refractivity contribution in [3.8, 4) is 0 Å². The van der Waals surface area contributed by atoms with Gasteiger partial charge in [0.25, 0.3) is 0 Å². The number of carbonyl (C=O) groups is 1. The van der Waals surface area contributed by atoms with E-state index in [1.165, 1.54) is 19.4 Å². The maximum absolute atomic E-state index is 11.9. The fraction of sp³-hybridized carbons (Fsp3) is 0.500. The first-order chi connectivity index (χ1) is 10.0. The minimum atomic E-state index is 0.0536. The Morgan fingerprint density at radius 1 is 1.38 bits per heavy atom. The van der Waals surface area contributed by atoms with Gasteiger partial charge in [-0.15, -0.1) is 0 Å². The molecular formula is C16H23N3OS. The lowest BCUT2D eigenvalue weighted by Crippen LogP contribution is -2.23.